The summed E-state index contributed by atoms with van der Waals surface area (Å²) < 4.78 is 10.2. The molecule has 0 bridgehead atoms. The second-order valence-electron chi connectivity index (χ2n) is 2.83. The molecule has 0 atom stereocenters. The zero-order valence-corrected chi connectivity index (χ0v) is 9.06. The van der Waals surface area contributed by atoms with Crippen molar-refractivity contribution in [2.75, 3.05) is 14.2 Å². The van der Waals surface area contributed by atoms with Crippen LogP contribution in [0.4, 0.5) is 0 Å². The number of methoxy groups -OCH3 is 2. The predicted molar refractivity (Wildman–Crippen MR) is 59.6 cm³/mol. The van der Waals surface area contributed by atoms with E-state index < -0.39 is 0 Å². The third-order valence-electron chi connectivity index (χ3n) is 1.84. The topological polar surface area (TPSA) is 44.5 Å². The Bertz CT molecular complexity index is 339. The molecule has 0 saturated carbocycles. The van der Waals surface area contributed by atoms with Gasteiger partial charge in [0.2, 0.25) is 0 Å². The summed E-state index contributed by atoms with van der Waals surface area (Å²) in [5.41, 5.74) is 7.32. The minimum Gasteiger partial charge on any atom is -0.496 e. The monoisotopic (exact) mass is 211 g/mol. The lowest BCUT2D eigenvalue weighted by Gasteiger charge is -2.08. The van der Waals surface area contributed by atoms with Crippen molar-refractivity contribution in [3.8, 4) is 5.75 Å². The molecule has 3 nitrogen and oxygen atoms in total. The largest absolute Gasteiger partial charge is 0.496 e. The molecular weight excluding hydrogens is 198 g/mol. The zero-order chi connectivity index (χ0) is 10.6. The van der Waals surface area contributed by atoms with Crippen LogP contribution in [0.15, 0.2) is 18.2 Å². The molecular formula is C10H13NO2S. The van der Waals surface area contributed by atoms with Crippen LogP contribution in [-0.4, -0.2) is 19.2 Å². The Kier molecular flexibility index (Phi) is 3.85. The minimum atomic E-state index is 0.339. The van der Waals surface area contributed by atoms with E-state index in [4.69, 9.17) is 27.4 Å². The van der Waals surface area contributed by atoms with Crippen molar-refractivity contribution in [1.29, 1.82) is 0 Å². The summed E-state index contributed by atoms with van der Waals surface area (Å²) in [6.45, 7) is 0.550. The molecule has 0 spiro atoms. The van der Waals surface area contributed by atoms with Crippen LogP contribution in [-0.2, 0) is 11.3 Å². The minimum absolute atomic E-state index is 0.339. The van der Waals surface area contributed by atoms with Crippen molar-refractivity contribution >= 4 is 17.2 Å². The summed E-state index contributed by atoms with van der Waals surface area (Å²) in [5, 5.41) is 0. The van der Waals surface area contributed by atoms with Crippen LogP contribution >= 0.6 is 12.2 Å². The van der Waals surface area contributed by atoms with Gasteiger partial charge in [-0.25, -0.2) is 0 Å². The van der Waals surface area contributed by atoms with E-state index in [0.29, 0.717) is 17.3 Å². The third-order valence-corrected chi connectivity index (χ3v) is 2.06. The van der Waals surface area contributed by atoms with Gasteiger partial charge in [0.1, 0.15) is 10.7 Å². The predicted octanol–water partition coefficient (Wildman–Crippen LogP) is 1.48. The fourth-order valence-corrected chi connectivity index (χ4v) is 1.36. The Morgan fingerprint density at radius 1 is 1.43 bits per heavy atom. The standard InChI is InChI=1S/C10H13NO2S/c1-12-6-7-3-4-8(10(11)14)9(5-7)13-2/h3-5H,6H2,1-2H3,(H2,11,14). The molecule has 0 saturated heterocycles. The van der Waals surface area contributed by atoms with E-state index in [9.17, 15) is 0 Å². The number of hydrogen-bond acceptors (Lipinski definition) is 3. The second-order valence-corrected chi connectivity index (χ2v) is 3.27. The first-order chi connectivity index (χ1) is 6.69. The molecule has 0 aliphatic rings. The van der Waals surface area contributed by atoms with Gasteiger partial charge >= 0.3 is 0 Å². The SMILES string of the molecule is COCc1ccc(C(N)=S)c(OC)c1. The van der Waals surface area contributed by atoms with E-state index in [0.717, 1.165) is 11.1 Å². The van der Waals surface area contributed by atoms with Gasteiger partial charge in [-0.05, 0) is 17.7 Å². The Morgan fingerprint density at radius 3 is 2.64 bits per heavy atom. The molecule has 1 aromatic rings. The van der Waals surface area contributed by atoms with Crippen molar-refractivity contribution in [3.63, 3.8) is 0 Å². The fraction of sp³-hybridized carbons (Fsp3) is 0.300. The third kappa shape index (κ3) is 2.43. The van der Waals surface area contributed by atoms with Gasteiger partial charge in [0.25, 0.3) is 0 Å². The fourth-order valence-electron chi connectivity index (χ4n) is 1.20. The lowest BCUT2D eigenvalue weighted by atomic mass is 10.1. The zero-order valence-electron chi connectivity index (χ0n) is 8.24. The summed E-state index contributed by atoms with van der Waals surface area (Å²) >= 11 is 4.89. The lowest BCUT2D eigenvalue weighted by molar-refractivity contribution is 0.184. The summed E-state index contributed by atoms with van der Waals surface area (Å²) in [6.07, 6.45) is 0. The first-order valence-corrected chi connectivity index (χ1v) is 4.55. The van der Waals surface area contributed by atoms with E-state index in [-0.39, 0.29) is 0 Å². The highest BCUT2D eigenvalue weighted by Crippen LogP contribution is 2.20. The summed E-state index contributed by atoms with van der Waals surface area (Å²) in [4.78, 5) is 0.339. The van der Waals surface area contributed by atoms with Crippen molar-refractivity contribution in [2.45, 2.75) is 6.61 Å². The maximum absolute atomic E-state index is 5.53. The molecule has 1 rings (SSSR count). The van der Waals surface area contributed by atoms with E-state index in [2.05, 4.69) is 0 Å². The first-order valence-electron chi connectivity index (χ1n) is 4.14. The van der Waals surface area contributed by atoms with Gasteiger partial charge in [0.15, 0.2) is 0 Å². The average Bonchev–Trinajstić information content (AvgIpc) is 2.17. The highest BCUT2D eigenvalue weighted by atomic mass is 32.1. The molecule has 0 radical (unpaired) electrons. The van der Waals surface area contributed by atoms with Crippen LogP contribution in [0.2, 0.25) is 0 Å². The Balaban J connectivity index is 3.05. The van der Waals surface area contributed by atoms with Crippen molar-refractivity contribution in [2.24, 2.45) is 5.73 Å². The van der Waals surface area contributed by atoms with Gasteiger partial charge < -0.3 is 15.2 Å². The van der Waals surface area contributed by atoms with Crippen LogP contribution in [0.25, 0.3) is 0 Å². The van der Waals surface area contributed by atoms with Gasteiger partial charge in [-0.15, -0.1) is 0 Å². The highest BCUT2D eigenvalue weighted by Gasteiger charge is 2.06. The molecule has 0 fully saturated rings. The molecule has 0 unspecified atom stereocenters. The summed E-state index contributed by atoms with van der Waals surface area (Å²) in [6, 6.07) is 5.63. The summed E-state index contributed by atoms with van der Waals surface area (Å²) in [7, 11) is 3.24. The smallest absolute Gasteiger partial charge is 0.129 e. The van der Waals surface area contributed by atoms with E-state index >= 15 is 0 Å². The number of ether oxygens (including phenoxy) is 2. The maximum atomic E-state index is 5.53. The van der Waals surface area contributed by atoms with Gasteiger partial charge in [-0.3, -0.25) is 0 Å². The molecule has 0 aliphatic heterocycles. The molecule has 0 aliphatic carbocycles. The lowest BCUT2D eigenvalue weighted by Crippen LogP contribution is -2.11. The van der Waals surface area contributed by atoms with Gasteiger partial charge in [0, 0.05) is 7.11 Å². The van der Waals surface area contributed by atoms with Crippen molar-refractivity contribution in [1.82, 2.24) is 0 Å². The van der Waals surface area contributed by atoms with E-state index in [1.807, 2.05) is 18.2 Å². The molecule has 76 valence electrons. The quantitative estimate of drug-likeness (QED) is 0.766. The Morgan fingerprint density at radius 2 is 2.14 bits per heavy atom. The Hall–Kier alpha value is -1.13. The molecule has 0 amide bonds. The van der Waals surface area contributed by atoms with Crippen LogP contribution in [0.3, 0.4) is 0 Å². The average molecular weight is 211 g/mol. The number of hydrogen-bond donors (Lipinski definition) is 1. The second kappa shape index (κ2) is 4.93. The molecule has 0 heterocycles. The number of benzene rings is 1. The van der Waals surface area contributed by atoms with Gasteiger partial charge in [-0.2, -0.15) is 0 Å². The highest BCUT2D eigenvalue weighted by molar-refractivity contribution is 7.80. The van der Waals surface area contributed by atoms with E-state index in [1.165, 1.54) is 0 Å². The van der Waals surface area contributed by atoms with Crippen molar-refractivity contribution in [3.05, 3.63) is 29.3 Å². The molecule has 2 N–H and O–H groups in total. The number of nitrogens with two attached hydrogens (primary N) is 1. The molecule has 1 aromatic carbocycles. The summed E-state index contributed by atoms with van der Waals surface area (Å²) in [5.74, 6) is 0.687. The Labute approximate surface area is 88.8 Å². The van der Waals surface area contributed by atoms with Crippen molar-refractivity contribution < 1.29 is 9.47 Å². The van der Waals surface area contributed by atoms with Crippen LogP contribution in [0, 0.1) is 0 Å². The van der Waals surface area contributed by atoms with Crippen LogP contribution < -0.4 is 10.5 Å². The molecule has 14 heavy (non-hydrogen) atoms. The van der Waals surface area contributed by atoms with E-state index in [1.54, 1.807) is 14.2 Å². The van der Waals surface area contributed by atoms with Crippen LogP contribution in [0.5, 0.6) is 5.75 Å². The molecule has 0 aromatic heterocycles. The number of thiocarbonyl (C=S) groups is 1. The molecule has 4 heteroatoms. The first kappa shape index (κ1) is 10.9. The van der Waals surface area contributed by atoms with Crippen LogP contribution in [0.1, 0.15) is 11.1 Å². The van der Waals surface area contributed by atoms with Gasteiger partial charge in [-0.1, -0.05) is 18.3 Å². The number of rotatable bonds is 4. The normalized spacial score (nSPS) is 9.86. The van der Waals surface area contributed by atoms with Gasteiger partial charge in [0.05, 0.1) is 19.3 Å². The maximum Gasteiger partial charge on any atom is 0.129 e.